The van der Waals surface area contributed by atoms with Gasteiger partial charge in [0.05, 0.1) is 23.3 Å². The molecule has 0 bridgehead atoms. The predicted octanol–water partition coefficient (Wildman–Crippen LogP) is 6.58. The number of fused-ring (bicyclic) bond motifs is 6. The zero-order valence-corrected chi connectivity index (χ0v) is 22.3. The molecule has 0 radical (unpaired) electrons. The van der Waals surface area contributed by atoms with Crippen molar-refractivity contribution < 1.29 is 9.53 Å². The Bertz CT molecular complexity index is 1120. The minimum Gasteiger partial charge on any atom is -0.384 e. The van der Waals surface area contributed by atoms with Gasteiger partial charge in [-0.15, -0.1) is 0 Å². The average Bonchev–Trinajstić information content (AvgIpc) is 3.39. The number of Topliss-reactive ketones (excluding diaryl/α,β-unsaturated/α-hetero) is 1. The number of aromatic nitrogens is 3. The molecule has 8 unspecified atom stereocenters. The van der Waals surface area contributed by atoms with E-state index in [0.29, 0.717) is 28.7 Å². The van der Waals surface area contributed by atoms with E-state index >= 15 is 0 Å². The van der Waals surface area contributed by atoms with Crippen molar-refractivity contribution >= 4 is 28.4 Å². The van der Waals surface area contributed by atoms with Crippen LogP contribution in [0.2, 0.25) is 5.02 Å². The van der Waals surface area contributed by atoms with Gasteiger partial charge in [-0.2, -0.15) is 5.10 Å². The highest BCUT2D eigenvalue weighted by molar-refractivity contribution is 6.31. The van der Waals surface area contributed by atoms with Crippen molar-refractivity contribution in [2.24, 2.45) is 46.3 Å². The van der Waals surface area contributed by atoms with E-state index in [0.717, 1.165) is 47.7 Å². The molecule has 35 heavy (non-hydrogen) atoms. The second kappa shape index (κ2) is 8.83. The van der Waals surface area contributed by atoms with Crippen LogP contribution in [-0.2, 0) is 16.1 Å². The molecule has 4 aliphatic carbocycles. The Balaban J connectivity index is 1.24. The standard InChI is InChI=1S/C29H40ClN3O2/c1-18-8-11-29(17-35-3)19(12-18)4-5-21-22-6-7-24(28(22,2)10-9-23(21)29)27(34)16-33-26-13-20(30)14-31-25(26)15-32-33/h13-15,18-19,21-24H,4-12,16-17H2,1-3H3. The summed E-state index contributed by atoms with van der Waals surface area (Å²) in [6, 6.07) is 1.87. The van der Waals surface area contributed by atoms with Crippen molar-refractivity contribution in [3.8, 4) is 0 Å². The average molecular weight is 498 g/mol. The molecule has 2 aromatic rings. The topological polar surface area (TPSA) is 57.0 Å². The van der Waals surface area contributed by atoms with Crippen LogP contribution in [0.4, 0.5) is 0 Å². The second-order valence-electron chi connectivity index (χ2n) is 12.7. The third-order valence-corrected chi connectivity index (χ3v) is 11.4. The van der Waals surface area contributed by atoms with Crippen molar-refractivity contribution in [3.05, 3.63) is 23.5 Å². The largest absolute Gasteiger partial charge is 0.384 e. The van der Waals surface area contributed by atoms with E-state index in [2.05, 4.69) is 23.9 Å². The lowest BCUT2D eigenvalue weighted by molar-refractivity contribution is -0.154. The Morgan fingerprint density at radius 2 is 2.00 bits per heavy atom. The summed E-state index contributed by atoms with van der Waals surface area (Å²) >= 11 is 6.18. The molecule has 6 rings (SSSR count). The van der Waals surface area contributed by atoms with Crippen LogP contribution in [0.15, 0.2) is 18.5 Å². The molecule has 0 spiro atoms. The Morgan fingerprint density at radius 3 is 2.83 bits per heavy atom. The molecule has 190 valence electrons. The lowest BCUT2D eigenvalue weighted by atomic mass is 9.44. The zero-order valence-electron chi connectivity index (χ0n) is 21.5. The van der Waals surface area contributed by atoms with Crippen LogP contribution in [0.3, 0.4) is 0 Å². The normalized spacial score (nSPS) is 40.8. The zero-order chi connectivity index (χ0) is 24.4. The van der Waals surface area contributed by atoms with Gasteiger partial charge in [0.25, 0.3) is 0 Å². The highest BCUT2D eigenvalue weighted by Crippen LogP contribution is 2.68. The molecule has 4 fully saturated rings. The highest BCUT2D eigenvalue weighted by Gasteiger charge is 2.62. The summed E-state index contributed by atoms with van der Waals surface area (Å²) in [7, 11) is 1.91. The van der Waals surface area contributed by atoms with Gasteiger partial charge in [0.15, 0.2) is 5.78 Å². The summed E-state index contributed by atoms with van der Waals surface area (Å²) in [5.74, 6) is 4.32. The fraction of sp³-hybridized carbons (Fsp3) is 0.759. The number of nitrogens with zero attached hydrogens (tertiary/aromatic N) is 3. The van der Waals surface area contributed by atoms with Crippen molar-refractivity contribution in [1.82, 2.24) is 14.8 Å². The fourth-order valence-corrected chi connectivity index (χ4v) is 9.81. The van der Waals surface area contributed by atoms with Crippen LogP contribution in [0.5, 0.6) is 0 Å². The minimum atomic E-state index is 0.111. The van der Waals surface area contributed by atoms with Crippen LogP contribution in [-0.4, -0.2) is 34.3 Å². The second-order valence-corrected chi connectivity index (χ2v) is 13.1. The maximum Gasteiger partial charge on any atom is 0.157 e. The van der Waals surface area contributed by atoms with E-state index in [1.54, 1.807) is 17.1 Å². The molecule has 0 aliphatic heterocycles. The van der Waals surface area contributed by atoms with Crippen LogP contribution in [0.1, 0.15) is 71.6 Å². The number of ether oxygens (including phenoxy) is 1. The smallest absolute Gasteiger partial charge is 0.157 e. The Hall–Kier alpha value is -1.46. The first kappa shape index (κ1) is 23.9. The monoisotopic (exact) mass is 497 g/mol. The SMILES string of the molecule is COCC12CCC(C)CC1CCC1C3CCC(C(=O)Cn4ncc5ncc(Cl)cc54)C3(C)CCC12. The Kier molecular flexibility index (Phi) is 6.03. The number of pyridine rings is 1. The van der Waals surface area contributed by atoms with E-state index in [1.807, 2.05) is 13.2 Å². The molecule has 5 nitrogen and oxygen atoms in total. The number of methoxy groups -OCH3 is 1. The third-order valence-electron chi connectivity index (χ3n) is 11.2. The van der Waals surface area contributed by atoms with E-state index in [9.17, 15) is 4.79 Å². The molecule has 4 saturated carbocycles. The summed E-state index contributed by atoms with van der Waals surface area (Å²) < 4.78 is 7.75. The predicted molar refractivity (Wildman–Crippen MR) is 138 cm³/mol. The van der Waals surface area contributed by atoms with Gasteiger partial charge in [-0.1, -0.05) is 31.9 Å². The molecule has 8 atom stereocenters. The summed E-state index contributed by atoms with van der Waals surface area (Å²) in [4.78, 5) is 18.1. The summed E-state index contributed by atoms with van der Waals surface area (Å²) in [5.41, 5.74) is 2.12. The summed E-state index contributed by atoms with van der Waals surface area (Å²) in [6.45, 7) is 6.14. The van der Waals surface area contributed by atoms with Crippen molar-refractivity contribution in [2.45, 2.75) is 78.2 Å². The summed E-state index contributed by atoms with van der Waals surface area (Å²) in [6.07, 6.45) is 14.8. The quantitative estimate of drug-likeness (QED) is 0.468. The first-order valence-corrected chi connectivity index (χ1v) is 14.2. The van der Waals surface area contributed by atoms with Gasteiger partial charge in [-0.05, 0) is 97.9 Å². The van der Waals surface area contributed by atoms with Crippen molar-refractivity contribution in [2.75, 3.05) is 13.7 Å². The first-order valence-electron chi connectivity index (χ1n) is 13.8. The molecule has 0 amide bonds. The van der Waals surface area contributed by atoms with Gasteiger partial charge in [0.2, 0.25) is 0 Å². The number of carbonyl (C=O) groups excluding carboxylic acids is 1. The van der Waals surface area contributed by atoms with Gasteiger partial charge >= 0.3 is 0 Å². The van der Waals surface area contributed by atoms with E-state index in [-0.39, 0.29) is 11.3 Å². The van der Waals surface area contributed by atoms with Gasteiger partial charge in [-0.25, -0.2) is 0 Å². The molecular formula is C29H40ClN3O2. The van der Waals surface area contributed by atoms with E-state index in [1.165, 1.54) is 51.4 Å². The van der Waals surface area contributed by atoms with Crippen LogP contribution in [0.25, 0.3) is 11.0 Å². The van der Waals surface area contributed by atoms with Gasteiger partial charge in [0.1, 0.15) is 12.1 Å². The Morgan fingerprint density at radius 1 is 1.14 bits per heavy atom. The highest BCUT2D eigenvalue weighted by atomic mass is 35.5. The van der Waals surface area contributed by atoms with Crippen molar-refractivity contribution in [1.29, 1.82) is 0 Å². The molecule has 0 N–H and O–H groups in total. The number of halogens is 1. The van der Waals surface area contributed by atoms with Crippen molar-refractivity contribution in [3.63, 3.8) is 0 Å². The number of carbonyl (C=O) groups is 1. The molecule has 2 aromatic heterocycles. The third kappa shape index (κ3) is 3.70. The number of rotatable bonds is 5. The van der Waals surface area contributed by atoms with Gasteiger partial charge in [-0.3, -0.25) is 14.5 Å². The molecule has 4 aliphatic rings. The molecular weight excluding hydrogens is 458 g/mol. The fourth-order valence-electron chi connectivity index (χ4n) is 9.66. The van der Waals surface area contributed by atoms with Gasteiger partial charge in [0, 0.05) is 19.2 Å². The Labute approximate surface area is 214 Å². The number of ketones is 1. The van der Waals surface area contributed by atoms with E-state index < -0.39 is 0 Å². The van der Waals surface area contributed by atoms with Crippen LogP contribution < -0.4 is 0 Å². The maximum atomic E-state index is 13.8. The lowest BCUT2D eigenvalue weighted by Gasteiger charge is -2.61. The maximum absolute atomic E-state index is 13.8. The molecule has 0 aromatic carbocycles. The number of hydrogen-bond acceptors (Lipinski definition) is 4. The molecule has 0 saturated heterocycles. The summed E-state index contributed by atoms with van der Waals surface area (Å²) in [5, 5.41) is 5.06. The first-order chi connectivity index (χ1) is 16.9. The lowest BCUT2D eigenvalue weighted by Crippen LogP contribution is -2.56. The van der Waals surface area contributed by atoms with E-state index in [4.69, 9.17) is 16.3 Å². The molecule has 2 heterocycles. The van der Waals surface area contributed by atoms with Crippen LogP contribution in [0, 0.1) is 46.3 Å². The molecule has 6 heteroatoms. The van der Waals surface area contributed by atoms with Crippen LogP contribution >= 0.6 is 11.6 Å². The number of hydrogen-bond donors (Lipinski definition) is 0. The van der Waals surface area contributed by atoms with Gasteiger partial charge < -0.3 is 4.74 Å². The minimum absolute atomic E-state index is 0.111.